The van der Waals surface area contributed by atoms with Gasteiger partial charge in [0.05, 0.1) is 12.6 Å². The Labute approximate surface area is 136 Å². The zero-order valence-electron chi connectivity index (χ0n) is 12.3. The predicted molar refractivity (Wildman–Crippen MR) is 83.3 cm³/mol. The molecule has 0 radical (unpaired) electrons. The minimum atomic E-state index is -1.12. The number of β-amino-alcohol motifs (C(OH)–C–C–N with tert-alkyl or cyclic N) is 1. The van der Waals surface area contributed by atoms with Gasteiger partial charge in [0.15, 0.2) is 5.54 Å². The highest BCUT2D eigenvalue weighted by atomic mass is 32.1. The summed E-state index contributed by atoms with van der Waals surface area (Å²) in [6.45, 7) is 1.46. The average molecular weight is 334 g/mol. The van der Waals surface area contributed by atoms with E-state index in [2.05, 4.69) is 5.32 Å². The number of benzene rings is 1. The molecule has 1 aromatic carbocycles. The maximum atomic E-state index is 12.9. The summed E-state index contributed by atoms with van der Waals surface area (Å²) in [5.41, 5.74) is -0.676. The van der Waals surface area contributed by atoms with Crippen molar-refractivity contribution in [3.8, 4) is 0 Å². The quantitative estimate of drug-likeness (QED) is 0.844. The molecule has 0 unspecified atom stereocenters. The van der Waals surface area contributed by atoms with E-state index in [1.54, 1.807) is 19.1 Å². The molecule has 3 rings (SSSR count). The van der Waals surface area contributed by atoms with Gasteiger partial charge in [0.2, 0.25) is 0 Å². The fraction of sp³-hybridized carbons (Fsp3) is 0.250. The summed E-state index contributed by atoms with van der Waals surface area (Å²) < 4.78 is 12.9. The Balaban J connectivity index is 1.79. The molecular weight excluding hydrogens is 319 g/mol. The number of thiophene rings is 1. The molecule has 0 bridgehead atoms. The molecule has 1 saturated heterocycles. The van der Waals surface area contributed by atoms with Crippen LogP contribution in [0.1, 0.15) is 23.5 Å². The molecule has 3 amide bonds. The normalized spacial score (nSPS) is 22.3. The third-order valence-corrected chi connectivity index (χ3v) is 4.99. The van der Waals surface area contributed by atoms with Crippen LogP contribution in [-0.4, -0.2) is 28.5 Å². The smallest absolute Gasteiger partial charge is 0.325 e. The molecular formula is C16H15FN2O3S. The van der Waals surface area contributed by atoms with Crippen LogP contribution in [0.3, 0.4) is 0 Å². The summed E-state index contributed by atoms with van der Waals surface area (Å²) in [6.07, 6.45) is -1.07. The Hall–Kier alpha value is -2.25. The predicted octanol–water partition coefficient (Wildman–Crippen LogP) is 2.39. The zero-order valence-corrected chi connectivity index (χ0v) is 13.1. The first-order valence-corrected chi connectivity index (χ1v) is 7.91. The van der Waals surface area contributed by atoms with Gasteiger partial charge in [-0.15, -0.1) is 11.3 Å². The first kappa shape index (κ1) is 15.6. The summed E-state index contributed by atoms with van der Waals surface area (Å²) in [5.74, 6) is -0.827. The number of aliphatic hydroxyl groups is 1. The highest BCUT2D eigenvalue weighted by Gasteiger charge is 2.50. The number of urea groups is 1. The summed E-state index contributed by atoms with van der Waals surface area (Å²) >= 11 is 1.38. The third kappa shape index (κ3) is 2.73. The van der Waals surface area contributed by atoms with Crippen molar-refractivity contribution >= 4 is 23.3 Å². The van der Waals surface area contributed by atoms with Crippen LogP contribution in [0.2, 0.25) is 0 Å². The molecule has 23 heavy (non-hydrogen) atoms. The molecule has 2 heterocycles. The first-order chi connectivity index (χ1) is 10.9. The fourth-order valence-corrected chi connectivity index (χ4v) is 3.39. The number of nitrogens with zero attached hydrogens (tertiary/aromatic N) is 1. The molecule has 120 valence electrons. The Kier molecular flexibility index (Phi) is 3.91. The van der Waals surface area contributed by atoms with Gasteiger partial charge >= 0.3 is 6.03 Å². The average Bonchev–Trinajstić information content (AvgIpc) is 3.12. The fourth-order valence-electron chi connectivity index (χ4n) is 2.56. The lowest BCUT2D eigenvalue weighted by Gasteiger charge is -2.21. The van der Waals surface area contributed by atoms with E-state index in [-0.39, 0.29) is 6.54 Å². The molecule has 7 heteroatoms. The van der Waals surface area contributed by atoms with Crippen LogP contribution >= 0.6 is 11.3 Å². The summed E-state index contributed by atoms with van der Waals surface area (Å²) in [5, 5.41) is 14.7. The van der Waals surface area contributed by atoms with Crippen LogP contribution in [0.5, 0.6) is 0 Å². The van der Waals surface area contributed by atoms with E-state index in [1.807, 2.05) is 5.38 Å². The summed E-state index contributed by atoms with van der Waals surface area (Å²) in [6, 6.07) is 8.34. The number of hydrogen-bond acceptors (Lipinski definition) is 4. The van der Waals surface area contributed by atoms with Crippen molar-refractivity contribution in [2.45, 2.75) is 18.6 Å². The highest BCUT2D eigenvalue weighted by molar-refractivity contribution is 7.10. The number of halogens is 1. The molecule has 0 spiro atoms. The Morgan fingerprint density at radius 1 is 1.30 bits per heavy atom. The van der Waals surface area contributed by atoms with Crippen molar-refractivity contribution in [3.63, 3.8) is 0 Å². The zero-order chi connectivity index (χ0) is 16.6. The van der Waals surface area contributed by atoms with Crippen molar-refractivity contribution in [2.75, 3.05) is 6.54 Å². The number of carbonyl (C=O) groups excluding carboxylic acids is 2. The van der Waals surface area contributed by atoms with E-state index in [0.29, 0.717) is 5.56 Å². The number of amides is 3. The Morgan fingerprint density at radius 2 is 2.00 bits per heavy atom. The van der Waals surface area contributed by atoms with Gasteiger partial charge in [0.1, 0.15) is 5.82 Å². The second-order valence-electron chi connectivity index (χ2n) is 5.52. The SMILES string of the molecule is C[C@@]1(c2cccs2)NC(=O)N(C[C@@H](O)c2ccc(F)cc2)C1=O. The van der Waals surface area contributed by atoms with Crippen molar-refractivity contribution in [1.82, 2.24) is 10.2 Å². The number of rotatable bonds is 4. The van der Waals surface area contributed by atoms with Gasteiger partial charge in [0.25, 0.3) is 5.91 Å². The second-order valence-corrected chi connectivity index (χ2v) is 6.46. The molecule has 2 N–H and O–H groups in total. The largest absolute Gasteiger partial charge is 0.387 e. The van der Waals surface area contributed by atoms with Crippen LogP contribution < -0.4 is 5.32 Å². The van der Waals surface area contributed by atoms with E-state index >= 15 is 0 Å². The lowest BCUT2D eigenvalue weighted by molar-refractivity contribution is -0.132. The van der Waals surface area contributed by atoms with Crippen LogP contribution in [0.25, 0.3) is 0 Å². The van der Waals surface area contributed by atoms with Crippen molar-refractivity contribution < 1.29 is 19.1 Å². The molecule has 1 aliphatic heterocycles. The van der Waals surface area contributed by atoms with Crippen molar-refractivity contribution in [1.29, 1.82) is 0 Å². The first-order valence-electron chi connectivity index (χ1n) is 7.03. The minimum Gasteiger partial charge on any atom is -0.387 e. The van der Waals surface area contributed by atoms with Gasteiger partial charge in [-0.3, -0.25) is 9.69 Å². The highest BCUT2D eigenvalue weighted by Crippen LogP contribution is 2.32. The molecule has 0 aliphatic carbocycles. The standard InChI is InChI=1S/C16H15FN2O3S/c1-16(13-3-2-8-23-13)14(21)19(15(22)18-16)9-12(20)10-4-6-11(17)7-5-10/h2-8,12,20H,9H2,1H3,(H,18,22)/t12-,16+/m1/s1. The maximum absolute atomic E-state index is 12.9. The van der Waals surface area contributed by atoms with E-state index in [4.69, 9.17) is 0 Å². The van der Waals surface area contributed by atoms with E-state index in [0.717, 1.165) is 9.78 Å². The molecule has 1 aliphatic rings. The number of hydrogen-bond donors (Lipinski definition) is 2. The van der Waals surface area contributed by atoms with Crippen molar-refractivity contribution in [2.24, 2.45) is 0 Å². The molecule has 1 aromatic heterocycles. The van der Waals surface area contributed by atoms with Gasteiger partial charge in [-0.05, 0) is 36.1 Å². The minimum absolute atomic E-state index is 0.183. The van der Waals surface area contributed by atoms with Crippen LogP contribution in [-0.2, 0) is 10.3 Å². The maximum Gasteiger partial charge on any atom is 0.325 e. The number of carbonyl (C=O) groups is 2. The molecule has 5 nitrogen and oxygen atoms in total. The molecule has 2 aromatic rings. The Bertz CT molecular complexity index is 732. The monoisotopic (exact) mass is 334 g/mol. The lowest BCUT2D eigenvalue weighted by atomic mass is 10.0. The molecule has 1 fully saturated rings. The van der Waals surface area contributed by atoms with Gasteiger partial charge in [-0.2, -0.15) is 0 Å². The van der Waals surface area contributed by atoms with Crippen molar-refractivity contribution in [3.05, 3.63) is 58.0 Å². The summed E-state index contributed by atoms with van der Waals surface area (Å²) in [4.78, 5) is 26.5. The number of imide groups is 1. The van der Waals surface area contributed by atoms with E-state index in [9.17, 15) is 19.1 Å². The molecule has 0 saturated carbocycles. The van der Waals surface area contributed by atoms with Crippen LogP contribution in [0.15, 0.2) is 41.8 Å². The van der Waals surface area contributed by atoms with E-state index < -0.39 is 29.4 Å². The van der Waals surface area contributed by atoms with Gasteiger partial charge < -0.3 is 10.4 Å². The second kappa shape index (κ2) is 5.75. The third-order valence-electron chi connectivity index (χ3n) is 3.90. The van der Waals surface area contributed by atoms with Gasteiger partial charge in [-0.1, -0.05) is 18.2 Å². The topological polar surface area (TPSA) is 69.6 Å². The van der Waals surface area contributed by atoms with E-state index in [1.165, 1.54) is 35.6 Å². The lowest BCUT2D eigenvalue weighted by Crippen LogP contribution is -2.40. The van der Waals surface area contributed by atoms with Gasteiger partial charge in [0, 0.05) is 4.88 Å². The molecule has 2 atom stereocenters. The van der Waals surface area contributed by atoms with Gasteiger partial charge in [-0.25, -0.2) is 9.18 Å². The van der Waals surface area contributed by atoms with Crippen LogP contribution in [0, 0.1) is 5.82 Å². The summed E-state index contributed by atoms with van der Waals surface area (Å²) in [7, 11) is 0. The Morgan fingerprint density at radius 3 is 2.61 bits per heavy atom. The van der Waals surface area contributed by atoms with Crippen LogP contribution in [0.4, 0.5) is 9.18 Å². The number of aliphatic hydroxyl groups excluding tert-OH is 1. The number of nitrogens with one attached hydrogen (secondary N) is 1.